The lowest BCUT2D eigenvalue weighted by Crippen LogP contribution is -2.39. The van der Waals surface area contributed by atoms with Crippen LogP contribution in [0.2, 0.25) is 5.02 Å². The summed E-state index contributed by atoms with van der Waals surface area (Å²) in [6, 6.07) is 5.64. The highest BCUT2D eigenvalue weighted by molar-refractivity contribution is 9.10. The molecule has 0 heterocycles. The standard InChI is InChI=1S/C11H15BrClNO/c1-2-11(15,7-14)6-8-3-4-9(12)5-10(8)13/h3-5,15H,2,6-7,14H2,1H3. The number of rotatable bonds is 4. The minimum Gasteiger partial charge on any atom is -0.388 e. The summed E-state index contributed by atoms with van der Waals surface area (Å²) < 4.78 is 0.934. The fourth-order valence-electron chi connectivity index (χ4n) is 1.36. The van der Waals surface area contributed by atoms with Crippen LogP contribution in [0, 0.1) is 0 Å². The van der Waals surface area contributed by atoms with Crippen molar-refractivity contribution in [2.45, 2.75) is 25.4 Å². The van der Waals surface area contributed by atoms with Gasteiger partial charge in [-0.3, -0.25) is 0 Å². The Morgan fingerprint density at radius 1 is 1.53 bits per heavy atom. The molecule has 0 aliphatic carbocycles. The van der Waals surface area contributed by atoms with Gasteiger partial charge in [0.25, 0.3) is 0 Å². The first-order chi connectivity index (χ1) is 7.00. The molecule has 1 unspecified atom stereocenters. The van der Waals surface area contributed by atoms with E-state index in [-0.39, 0.29) is 6.54 Å². The number of hydrogen-bond donors (Lipinski definition) is 2. The first-order valence-electron chi connectivity index (χ1n) is 4.87. The summed E-state index contributed by atoms with van der Waals surface area (Å²) in [6.45, 7) is 2.16. The van der Waals surface area contributed by atoms with Crippen molar-refractivity contribution in [3.63, 3.8) is 0 Å². The summed E-state index contributed by atoms with van der Waals surface area (Å²) in [4.78, 5) is 0. The molecule has 1 atom stereocenters. The van der Waals surface area contributed by atoms with Crippen molar-refractivity contribution in [2.24, 2.45) is 5.73 Å². The zero-order chi connectivity index (χ0) is 11.5. The van der Waals surface area contributed by atoms with E-state index >= 15 is 0 Å². The van der Waals surface area contributed by atoms with Crippen LogP contribution >= 0.6 is 27.5 Å². The highest BCUT2D eigenvalue weighted by Gasteiger charge is 2.24. The highest BCUT2D eigenvalue weighted by atomic mass is 79.9. The SMILES string of the molecule is CCC(O)(CN)Cc1ccc(Br)cc1Cl. The maximum atomic E-state index is 10.1. The van der Waals surface area contributed by atoms with Crippen LogP contribution in [0.1, 0.15) is 18.9 Å². The average molecular weight is 293 g/mol. The monoisotopic (exact) mass is 291 g/mol. The van der Waals surface area contributed by atoms with Gasteiger partial charge in [-0.05, 0) is 24.1 Å². The van der Waals surface area contributed by atoms with Crippen molar-refractivity contribution in [2.75, 3.05) is 6.54 Å². The average Bonchev–Trinajstić information content (AvgIpc) is 2.22. The third-order valence-electron chi connectivity index (χ3n) is 2.57. The Bertz CT molecular complexity index is 339. The van der Waals surface area contributed by atoms with E-state index < -0.39 is 5.60 Å². The van der Waals surface area contributed by atoms with Crippen LogP contribution in [0.15, 0.2) is 22.7 Å². The Hall–Kier alpha value is -0.0900. The predicted octanol–water partition coefficient (Wildman–Crippen LogP) is 2.74. The number of nitrogens with two attached hydrogens (primary N) is 1. The van der Waals surface area contributed by atoms with Crippen molar-refractivity contribution in [3.05, 3.63) is 33.3 Å². The summed E-state index contributed by atoms with van der Waals surface area (Å²) in [5.74, 6) is 0. The molecule has 0 radical (unpaired) electrons. The second kappa shape index (κ2) is 5.30. The fourth-order valence-corrected chi connectivity index (χ4v) is 2.10. The van der Waals surface area contributed by atoms with Gasteiger partial charge in [0.15, 0.2) is 0 Å². The summed E-state index contributed by atoms with van der Waals surface area (Å²) in [7, 11) is 0. The molecule has 4 heteroatoms. The molecule has 84 valence electrons. The van der Waals surface area contributed by atoms with Gasteiger partial charge in [-0.1, -0.05) is 40.5 Å². The summed E-state index contributed by atoms with van der Waals surface area (Å²) in [5, 5.41) is 10.7. The molecular weight excluding hydrogens is 277 g/mol. The maximum absolute atomic E-state index is 10.1. The molecule has 1 aromatic carbocycles. The molecule has 0 saturated carbocycles. The van der Waals surface area contributed by atoms with Gasteiger partial charge in [-0.2, -0.15) is 0 Å². The van der Waals surface area contributed by atoms with Crippen molar-refractivity contribution in [1.82, 2.24) is 0 Å². The molecule has 0 aliphatic heterocycles. The normalized spacial score (nSPS) is 15.0. The van der Waals surface area contributed by atoms with Gasteiger partial charge in [0.05, 0.1) is 5.60 Å². The Morgan fingerprint density at radius 3 is 2.67 bits per heavy atom. The van der Waals surface area contributed by atoms with E-state index in [9.17, 15) is 5.11 Å². The molecular formula is C11H15BrClNO. The first kappa shape index (κ1) is 13.0. The van der Waals surface area contributed by atoms with Crippen molar-refractivity contribution in [3.8, 4) is 0 Å². The molecule has 3 N–H and O–H groups in total. The van der Waals surface area contributed by atoms with Crippen LogP contribution < -0.4 is 5.73 Å². The molecule has 0 aliphatic rings. The topological polar surface area (TPSA) is 46.2 Å². The van der Waals surface area contributed by atoms with Crippen molar-refractivity contribution in [1.29, 1.82) is 0 Å². The molecule has 2 nitrogen and oxygen atoms in total. The number of aliphatic hydroxyl groups is 1. The molecule has 0 bridgehead atoms. The molecule has 15 heavy (non-hydrogen) atoms. The van der Waals surface area contributed by atoms with Crippen LogP contribution in [-0.4, -0.2) is 17.3 Å². The first-order valence-corrected chi connectivity index (χ1v) is 6.04. The molecule has 1 aromatic rings. The summed E-state index contributed by atoms with van der Waals surface area (Å²) in [5.41, 5.74) is 5.62. The van der Waals surface area contributed by atoms with E-state index in [1.807, 2.05) is 25.1 Å². The van der Waals surface area contributed by atoms with Crippen molar-refractivity contribution < 1.29 is 5.11 Å². The largest absolute Gasteiger partial charge is 0.388 e. The van der Waals surface area contributed by atoms with Crippen LogP contribution in [0.25, 0.3) is 0 Å². The van der Waals surface area contributed by atoms with Crippen LogP contribution in [0.5, 0.6) is 0 Å². The van der Waals surface area contributed by atoms with Crippen LogP contribution in [0.4, 0.5) is 0 Å². The van der Waals surface area contributed by atoms with Gasteiger partial charge >= 0.3 is 0 Å². The second-order valence-electron chi connectivity index (χ2n) is 3.69. The summed E-state index contributed by atoms with van der Waals surface area (Å²) in [6.07, 6.45) is 1.11. The van der Waals surface area contributed by atoms with Gasteiger partial charge in [0, 0.05) is 22.5 Å². The Labute approximate surface area is 104 Å². The third-order valence-corrected chi connectivity index (χ3v) is 3.42. The third kappa shape index (κ3) is 3.45. The van der Waals surface area contributed by atoms with Gasteiger partial charge in [0.1, 0.15) is 0 Å². The molecule has 1 rings (SSSR count). The Morgan fingerprint density at radius 2 is 2.20 bits per heavy atom. The van der Waals surface area contributed by atoms with E-state index in [0.29, 0.717) is 17.9 Å². The minimum absolute atomic E-state index is 0.246. The zero-order valence-electron chi connectivity index (χ0n) is 8.63. The Balaban J connectivity index is 2.89. The van der Waals surface area contributed by atoms with Gasteiger partial charge in [-0.15, -0.1) is 0 Å². The fraction of sp³-hybridized carbons (Fsp3) is 0.455. The molecule has 0 aromatic heterocycles. The maximum Gasteiger partial charge on any atom is 0.0807 e. The minimum atomic E-state index is -0.850. The van der Waals surface area contributed by atoms with Gasteiger partial charge in [0.2, 0.25) is 0 Å². The quantitative estimate of drug-likeness (QED) is 0.896. The predicted molar refractivity (Wildman–Crippen MR) is 67.2 cm³/mol. The zero-order valence-corrected chi connectivity index (χ0v) is 11.0. The number of benzene rings is 1. The summed E-state index contributed by atoms with van der Waals surface area (Å²) >= 11 is 9.41. The molecule has 0 fully saturated rings. The van der Waals surface area contributed by atoms with E-state index in [1.54, 1.807) is 0 Å². The van der Waals surface area contributed by atoms with E-state index in [2.05, 4.69) is 15.9 Å². The van der Waals surface area contributed by atoms with Gasteiger partial charge < -0.3 is 10.8 Å². The Kier molecular flexibility index (Phi) is 4.59. The van der Waals surface area contributed by atoms with Crippen molar-refractivity contribution >= 4 is 27.5 Å². The number of hydrogen-bond acceptors (Lipinski definition) is 2. The molecule has 0 spiro atoms. The van der Waals surface area contributed by atoms with Gasteiger partial charge in [-0.25, -0.2) is 0 Å². The molecule has 0 amide bonds. The van der Waals surface area contributed by atoms with E-state index in [1.165, 1.54) is 0 Å². The van der Waals surface area contributed by atoms with E-state index in [0.717, 1.165) is 10.0 Å². The smallest absolute Gasteiger partial charge is 0.0807 e. The molecule has 0 saturated heterocycles. The van der Waals surface area contributed by atoms with Crippen LogP contribution in [0.3, 0.4) is 0 Å². The lowest BCUT2D eigenvalue weighted by molar-refractivity contribution is 0.0456. The number of halogens is 2. The van der Waals surface area contributed by atoms with E-state index in [4.69, 9.17) is 17.3 Å². The lowest BCUT2D eigenvalue weighted by atomic mass is 9.92. The second-order valence-corrected chi connectivity index (χ2v) is 5.02. The van der Waals surface area contributed by atoms with Crippen LogP contribution in [-0.2, 0) is 6.42 Å². The highest BCUT2D eigenvalue weighted by Crippen LogP contribution is 2.25. The lowest BCUT2D eigenvalue weighted by Gasteiger charge is -2.25.